The van der Waals surface area contributed by atoms with Crippen LogP contribution in [0.5, 0.6) is 0 Å². The molecule has 11 heavy (non-hydrogen) atoms. The van der Waals surface area contributed by atoms with Crippen LogP contribution in [0.3, 0.4) is 0 Å². The van der Waals surface area contributed by atoms with Crippen LogP contribution in [-0.2, 0) is 0 Å². The molecule has 1 aromatic heterocycles. The van der Waals surface area contributed by atoms with E-state index in [1.165, 1.54) is 6.20 Å². The third kappa shape index (κ3) is 1.88. The Morgan fingerprint density at radius 3 is 3.09 bits per heavy atom. The fourth-order valence-corrected chi connectivity index (χ4v) is 1.54. The number of nitrogens with zero attached hydrogens (tertiary/aromatic N) is 2. The quantitative estimate of drug-likeness (QED) is 0.652. The van der Waals surface area contributed by atoms with Crippen LogP contribution >= 0.6 is 22.9 Å². The summed E-state index contributed by atoms with van der Waals surface area (Å²) in [5, 5.41) is 0.402. The van der Waals surface area contributed by atoms with E-state index in [-0.39, 0.29) is 0 Å². The van der Waals surface area contributed by atoms with Crippen molar-refractivity contribution in [3.63, 3.8) is 0 Å². The second kappa shape index (κ2) is 3.64. The van der Waals surface area contributed by atoms with Crippen LogP contribution < -0.4 is 0 Å². The van der Waals surface area contributed by atoms with Gasteiger partial charge in [-0.3, -0.25) is 0 Å². The summed E-state index contributed by atoms with van der Waals surface area (Å²) in [5.41, 5.74) is 2.49. The zero-order valence-electron chi connectivity index (χ0n) is 6.04. The van der Waals surface area contributed by atoms with Gasteiger partial charge in [0.25, 0.3) is 0 Å². The summed E-state index contributed by atoms with van der Waals surface area (Å²) in [7, 11) is 0. The van der Waals surface area contributed by atoms with Crippen molar-refractivity contribution in [2.24, 2.45) is 4.99 Å². The van der Waals surface area contributed by atoms with Gasteiger partial charge in [0.05, 0.1) is 5.51 Å². The Hall–Kier alpha value is -0.670. The molecule has 1 aromatic rings. The van der Waals surface area contributed by atoms with E-state index in [1.807, 2.05) is 6.92 Å². The van der Waals surface area contributed by atoms with Crippen LogP contribution in [0.2, 0.25) is 0 Å². The molecule has 0 aromatic carbocycles. The molecular formula is C7H7ClN2S. The SMILES string of the molecule is C=CN=C(Cl)c1ncsc1C. The first-order valence-electron chi connectivity index (χ1n) is 3.00. The van der Waals surface area contributed by atoms with Gasteiger partial charge in [0.2, 0.25) is 0 Å². The standard InChI is InChI=1S/C7H7ClN2S/c1-3-9-7(8)6-5(2)11-4-10-6/h3-4H,1H2,2H3. The third-order valence-electron chi connectivity index (χ3n) is 1.14. The minimum atomic E-state index is 0.402. The zero-order valence-corrected chi connectivity index (χ0v) is 7.61. The number of thiazole rings is 1. The van der Waals surface area contributed by atoms with Gasteiger partial charge < -0.3 is 0 Å². The van der Waals surface area contributed by atoms with Gasteiger partial charge in [0.1, 0.15) is 5.69 Å². The van der Waals surface area contributed by atoms with E-state index in [2.05, 4.69) is 16.6 Å². The average molecular weight is 187 g/mol. The van der Waals surface area contributed by atoms with Gasteiger partial charge >= 0.3 is 0 Å². The Kier molecular flexibility index (Phi) is 2.79. The molecule has 58 valence electrons. The van der Waals surface area contributed by atoms with E-state index in [0.717, 1.165) is 10.6 Å². The maximum atomic E-state index is 5.78. The summed E-state index contributed by atoms with van der Waals surface area (Å²) in [5.74, 6) is 0. The summed E-state index contributed by atoms with van der Waals surface area (Å²) >= 11 is 7.32. The van der Waals surface area contributed by atoms with Crippen LogP contribution in [0.1, 0.15) is 10.6 Å². The minimum absolute atomic E-state index is 0.402. The van der Waals surface area contributed by atoms with Crippen LogP contribution in [0.4, 0.5) is 0 Å². The van der Waals surface area contributed by atoms with Crippen LogP contribution in [0.25, 0.3) is 0 Å². The second-order valence-corrected chi connectivity index (χ2v) is 3.28. The second-order valence-electron chi connectivity index (χ2n) is 1.86. The number of hydrogen-bond donors (Lipinski definition) is 0. The van der Waals surface area contributed by atoms with E-state index < -0.39 is 0 Å². The number of aryl methyl sites for hydroxylation is 1. The third-order valence-corrected chi connectivity index (χ3v) is 2.18. The van der Waals surface area contributed by atoms with Crippen molar-refractivity contribution in [1.29, 1.82) is 0 Å². The van der Waals surface area contributed by atoms with Crippen molar-refractivity contribution < 1.29 is 0 Å². The fourth-order valence-electron chi connectivity index (χ4n) is 0.645. The topological polar surface area (TPSA) is 25.2 Å². The number of rotatable bonds is 2. The lowest BCUT2D eigenvalue weighted by Crippen LogP contribution is -1.92. The summed E-state index contributed by atoms with van der Waals surface area (Å²) in [6, 6.07) is 0. The molecule has 0 bridgehead atoms. The highest BCUT2D eigenvalue weighted by Gasteiger charge is 2.05. The molecule has 0 fully saturated rings. The van der Waals surface area contributed by atoms with Gasteiger partial charge in [0, 0.05) is 11.1 Å². The zero-order chi connectivity index (χ0) is 8.27. The average Bonchev–Trinajstić information content (AvgIpc) is 2.36. The molecule has 1 heterocycles. The molecule has 0 N–H and O–H groups in total. The predicted octanol–water partition coefficient (Wildman–Crippen LogP) is 2.58. The number of aliphatic imine (C=N–C) groups is 1. The summed E-state index contributed by atoms with van der Waals surface area (Å²) < 4.78 is 0. The lowest BCUT2D eigenvalue weighted by molar-refractivity contribution is 1.34. The smallest absolute Gasteiger partial charge is 0.155 e. The van der Waals surface area contributed by atoms with Crippen molar-refractivity contribution in [3.05, 3.63) is 28.9 Å². The summed E-state index contributed by atoms with van der Waals surface area (Å²) in [6.07, 6.45) is 1.40. The molecule has 0 aliphatic carbocycles. The van der Waals surface area contributed by atoms with E-state index in [0.29, 0.717) is 5.17 Å². The van der Waals surface area contributed by atoms with Gasteiger partial charge in [-0.2, -0.15) is 0 Å². The highest BCUT2D eigenvalue weighted by molar-refractivity contribution is 7.10. The van der Waals surface area contributed by atoms with Crippen molar-refractivity contribution in [2.45, 2.75) is 6.92 Å². The van der Waals surface area contributed by atoms with Gasteiger partial charge in [-0.05, 0) is 6.92 Å². The van der Waals surface area contributed by atoms with Crippen LogP contribution in [-0.4, -0.2) is 10.2 Å². The maximum Gasteiger partial charge on any atom is 0.155 e. The van der Waals surface area contributed by atoms with E-state index >= 15 is 0 Å². The molecular weight excluding hydrogens is 180 g/mol. The first-order valence-corrected chi connectivity index (χ1v) is 4.26. The molecule has 0 atom stereocenters. The Labute approximate surface area is 74.3 Å². The monoisotopic (exact) mass is 186 g/mol. The highest BCUT2D eigenvalue weighted by Crippen LogP contribution is 2.13. The molecule has 1 rings (SSSR count). The normalized spacial score (nSPS) is 11.6. The van der Waals surface area contributed by atoms with Crippen molar-refractivity contribution in [1.82, 2.24) is 4.98 Å². The molecule has 0 saturated heterocycles. The van der Waals surface area contributed by atoms with Gasteiger partial charge in [0.15, 0.2) is 5.17 Å². The van der Waals surface area contributed by atoms with Crippen molar-refractivity contribution in [2.75, 3.05) is 0 Å². The highest BCUT2D eigenvalue weighted by atomic mass is 35.5. The maximum absolute atomic E-state index is 5.78. The Balaban J connectivity index is 3.01. The molecule has 0 amide bonds. The molecule has 2 nitrogen and oxygen atoms in total. The number of halogens is 1. The lowest BCUT2D eigenvalue weighted by Gasteiger charge is -1.90. The van der Waals surface area contributed by atoms with Crippen molar-refractivity contribution in [3.8, 4) is 0 Å². The van der Waals surface area contributed by atoms with Crippen molar-refractivity contribution >= 4 is 28.1 Å². The molecule has 0 aliphatic heterocycles. The Morgan fingerprint density at radius 2 is 2.64 bits per heavy atom. The number of aromatic nitrogens is 1. The van der Waals surface area contributed by atoms with E-state index in [9.17, 15) is 0 Å². The summed E-state index contributed by atoms with van der Waals surface area (Å²) in [6.45, 7) is 5.40. The van der Waals surface area contributed by atoms with Gasteiger partial charge in [-0.25, -0.2) is 9.98 Å². The summed E-state index contributed by atoms with van der Waals surface area (Å²) in [4.78, 5) is 8.93. The first kappa shape index (κ1) is 8.43. The first-order chi connectivity index (χ1) is 5.25. The predicted molar refractivity (Wildman–Crippen MR) is 49.4 cm³/mol. The Bertz CT molecular complexity index is 290. The lowest BCUT2D eigenvalue weighted by atomic mass is 10.4. The molecule has 0 aliphatic rings. The number of hydrogen-bond acceptors (Lipinski definition) is 3. The minimum Gasteiger partial charge on any atom is -0.243 e. The largest absolute Gasteiger partial charge is 0.243 e. The molecule has 4 heteroatoms. The van der Waals surface area contributed by atoms with Gasteiger partial charge in [-0.1, -0.05) is 18.2 Å². The van der Waals surface area contributed by atoms with E-state index in [4.69, 9.17) is 11.6 Å². The Morgan fingerprint density at radius 1 is 1.91 bits per heavy atom. The molecule has 0 unspecified atom stereocenters. The molecule has 0 spiro atoms. The van der Waals surface area contributed by atoms with Gasteiger partial charge in [-0.15, -0.1) is 11.3 Å². The fraction of sp³-hybridized carbons (Fsp3) is 0.143. The van der Waals surface area contributed by atoms with Crippen LogP contribution in [0, 0.1) is 6.92 Å². The molecule has 0 saturated carbocycles. The molecule has 0 radical (unpaired) electrons. The van der Waals surface area contributed by atoms with E-state index in [1.54, 1.807) is 16.8 Å². The van der Waals surface area contributed by atoms with Crippen LogP contribution in [0.15, 0.2) is 23.3 Å².